The first-order valence-electron chi connectivity index (χ1n) is 5.14. The molecule has 0 bridgehead atoms. The molecule has 1 aromatic carbocycles. The van der Waals surface area contributed by atoms with Gasteiger partial charge in [0.15, 0.2) is 0 Å². The molecule has 0 fully saturated rings. The molecule has 0 N–H and O–H groups in total. The average Bonchev–Trinajstić information content (AvgIpc) is 2.27. The predicted octanol–water partition coefficient (Wildman–Crippen LogP) is 3.22. The van der Waals surface area contributed by atoms with Crippen LogP contribution in [0.15, 0.2) is 24.3 Å². The van der Waals surface area contributed by atoms with Gasteiger partial charge in [0.1, 0.15) is 0 Å². The Bertz CT molecular complexity index is 470. The van der Waals surface area contributed by atoms with Gasteiger partial charge in [0.2, 0.25) is 0 Å². The van der Waals surface area contributed by atoms with E-state index in [4.69, 9.17) is 4.84 Å². The Morgan fingerprint density at radius 2 is 2.06 bits per heavy atom. The summed E-state index contributed by atoms with van der Waals surface area (Å²) in [5, 5.41) is 10.6. The summed E-state index contributed by atoms with van der Waals surface area (Å²) in [5.41, 5.74) is -0.377. The van der Waals surface area contributed by atoms with Crippen LogP contribution in [0, 0.1) is 15.5 Å². The number of nitrogens with zero attached hydrogens (tertiary/aromatic N) is 2. The van der Waals surface area contributed by atoms with E-state index in [1.54, 1.807) is 26.8 Å². The Morgan fingerprint density at radius 1 is 1.44 bits per heavy atom. The van der Waals surface area contributed by atoms with Gasteiger partial charge in [0.25, 0.3) is 5.69 Å². The Morgan fingerprint density at radius 3 is 2.56 bits per heavy atom. The van der Waals surface area contributed by atoms with E-state index < -0.39 is 16.3 Å². The monoisotopic (exact) mass is 316 g/mol. The molecule has 0 aliphatic rings. The molecule has 6 nitrogen and oxygen atoms in total. The molecule has 0 aromatic heterocycles. The molecule has 0 radical (unpaired) electrons. The lowest BCUT2D eigenvalue weighted by Crippen LogP contribution is -2.28. The van der Waals surface area contributed by atoms with E-state index in [-0.39, 0.29) is 5.69 Å². The van der Waals surface area contributed by atoms with Crippen molar-refractivity contribution in [2.24, 2.45) is 5.41 Å². The van der Waals surface area contributed by atoms with Crippen molar-refractivity contribution in [1.29, 1.82) is 0 Å². The van der Waals surface area contributed by atoms with Crippen LogP contribution in [0.25, 0.3) is 0 Å². The molecular formula is C11H13BrN2O4. The van der Waals surface area contributed by atoms with Crippen molar-refractivity contribution in [2.45, 2.75) is 20.8 Å². The number of anilines is 1. The topological polar surface area (TPSA) is 72.7 Å². The summed E-state index contributed by atoms with van der Waals surface area (Å²) in [5.74, 6) is -0.453. The first kappa shape index (κ1) is 14.4. The van der Waals surface area contributed by atoms with Gasteiger partial charge < -0.3 is 4.84 Å². The van der Waals surface area contributed by atoms with Crippen molar-refractivity contribution in [3.8, 4) is 0 Å². The van der Waals surface area contributed by atoms with E-state index >= 15 is 0 Å². The zero-order valence-corrected chi connectivity index (χ0v) is 11.8. The van der Waals surface area contributed by atoms with Crippen molar-refractivity contribution in [3.63, 3.8) is 0 Å². The van der Waals surface area contributed by atoms with Crippen LogP contribution in [0.5, 0.6) is 0 Å². The maximum atomic E-state index is 11.6. The number of carbonyl (C=O) groups excluding carboxylic acids is 1. The number of hydrogen-bond acceptors (Lipinski definition) is 5. The molecule has 1 rings (SSSR count). The minimum absolute atomic E-state index is 0.0799. The molecule has 7 heteroatoms. The summed E-state index contributed by atoms with van der Waals surface area (Å²) in [6.45, 7) is 5.14. The van der Waals surface area contributed by atoms with E-state index in [9.17, 15) is 14.9 Å². The fraction of sp³-hybridized carbons (Fsp3) is 0.364. The number of hydrogen-bond donors (Lipinski definition) is 0. The SMILES string of the molecule is CC(C)(C)C(=O)ON(Br)c1cccc([N+](=O)[O-])c1. The molecule has 0 aliphatic carbocycles. The molecule has 0 saturated carbocycles. The number of nitro benzene ring substituents is 1. The van der Waals surface area contributed by atoms with E-state index in [0.29, 0.717) is 5.69 Å². The van der Waals surface area contributed by atoms with Crippen LogP contribution >= 0.6 is 16.1 Å². The van der Waals surface area contributed by atoms with Gasteiger partial charge in [-0.3, -0.25) is 10.1 Å². The zero-order valence-electron chi connectivity index (χ0n) is 10.2. The summed E-state index contributed by atoms with van der Waals surface area (Å²) in [6, 6.07) is 5.74. The molecule has 18 heavy (non-hydrogen) atoms. The summed E-state index contributed by atoms with van der Waals surface area (Å²) in [7, 11) is 0. The molecule has 0 saturated heterocycles. The average molecular weight is 317 g/mol. The van der Waals surface area contributed by atoms with Gasteiger partial charge in [-0.15, -0.1) is 4.09 Å². The van der Waals surface area contributed by atoms with Crippen molar-refractivity contribution in [3.05, 3.63) is 34.4 Å². The Balaban J connectivity index is 2.85. The van der Waals surface area contributed by atoms with Gasteiger partial charge in [0.05, 0.1) is 32.2 Å². The van der Waals surface area contributed by atoms with Crippen LogP contribution in [-0.2, 0) is 9.63 Å². The van der Waals surface area contributed by atoms with Gasteiger partial charge in [-0.1, -0.05) is 6.07 Å². The quantitative estimate of drug-likeness (QED) is 0.486. The van der Waals surface area contributed by atoms with Crippen LogP contribution in [0.4, 0.5) is 11.4 Å². The smallest absolute Gasteiger partial charge is 0.329 e. The van der Waals surface area contributed by atoms with Crippen LogP contribution < -0.4 is 4.09 Å². The third-order valence-electron chi connectivity index (χ3n) is 2.02. The normalized spacial score (nSPS) is 10.9. The molecular weight excluding hydrogens is 304 g/mol. The molecule has 0 unspecified atom stereocenters. The standard InChI is InChI=1S/C11H13BrN2O4/c1-11(2,3)10(15)18-13(12)8-5-4-6-9(7-8)14(16)17/h4-7H,1-3H3. The summed E-state index contributed by atoms with van der Waals surface area (Å²) >= 11 is 3.03. The highest BCUT2D eigenvalue weighted by molar-refractivity contribution is 9.10. The number of benzene rings is 1. The van der Waals surface area contributed by atoms with Crippen molar-refractivity contribution in [2.75, 3.05) is 4.09 Å². The van der Waals surface area contributed by atoms with E-state index in [0.717, 1.165) is 4.09 Å². The van der Waals surface area contributed by atoms with E-state index in [2.05, 4.69) is 16.1 Å². The Labute approximate surface area is 113 Å². The van der Waals surface area contributed by atoms with Gasteiger partial charge in [-0.05, 0) is 26.8 Å². The van der Waals surface area contributed by atoms with Crippen molar-refractivity contribution >= 4 is 33.5 Å². The molecule has 0 heterocycles. The highest BCUT2D eigenvalue weighted by atomic mass is 79.9. The molecule has 98 valence electrons. The third-order valence-corrected chi connectivity index (χ3v) is 2.57. The minimum Gasteiger partial charge on any atom is -0.329 e. The van der Waals surface area contributed by atoms with Crippen molar-refractivity contribution in [1.82, 2.24) is 0 Å². The second-order valence-electron chi connectivity index (χ2n) is 4.65. The molecule has 1 aromatic rings. The number of rotatable bonds is 3. The second kappa shape index (κ2) is 5.34. The van der Waals surface area contributed by atoms with Crippen LogP contribution in [0.3, 0.4) is 0 Å². The highest BCUT2D eigenvalue weighted by Crippen LogP contribution is 2.26. The number of carbonyl (C=O) groups is 1. The van der Waals surface area contributed by atoms with E-state index in [1.807, 2.05) is 0 Å². The third kappa shape index (κ3) is 3.69. The lowest BCUT2D eigenvalue weighted by atomic mass is 9.98. The van der Waals surface area contributed by atoms with Gasteiger partial charge >= 0.3 is 5.97 Å². The molecule has 0 aliphatic heterocycles. The summed E-state index contributed by atoms with van der Waals surface area (Å²) in [6.07, 6.45) is 0. The molecule has 0 atom stereocenters. The summed E-state index contributed by atoms with van der Waals surface area (Å²) in [4.78, 5) is 26.8. The zero-order chi connectivity index (χ0) is 13.9. The number of non-ortho nitro benzene ring substituents is 1. The molecule has 0 spiro atoms. The van der Waals surface area contributed by atoms with Crippen molar-refractivity contribution < 1.29 is 14.6 Å². The number of halogens is 1. The fourth-order valence-corrected chi connectivity index (χ4v) is 1.33. The predicted molar refractivity (Wildman–Crippen MR) is 70.0 cm³/mol. The van der Waals surface area contributed by atoms with Gasteiger partial charge in [-0.2, -0.15) is 0 Å². The first-order chi connectivity index (χ1) is 8.21. The molecule has 0 amide bonds. The number of nitro groups is 1. The van der Waals surface area contributed by atoms with Gasteiger partial charge in [0, 0.05) is 12.1 Å². The van der Waals surface area contributed by atoms with Gasteiger partial charge in [-0.25, -0.2) is 4.79 Å². The van der Waals surface area contributed by atoms with Crippen LogP contribution in [0.1, 0.15) is 20.8 Å². The Kier molecular flexibility index (Phi) is 4.28. The fourth-order valence-electron chi connectivity index (χ4n) is 0.978. The second-order valence-corrected chi connectivity index (χ2v) is 5.29. The lowest BCUT2D eigenvalue weighted by molar-refractivity contribution is -0.384. The van der Waals surface area contributed by atoms with Crippen LogP contribution in [0.2, 0.25) is 0 Å². The van der Waals surface area contributed by atoms with E-state index in [1.165, 1.54) is 18.2 Å². The maximum absolute atomic E-state index is 11.6. The lowest BCUT2D eigenvalue weighted by Gasteiger charge is -2.21. The minimum atomic E-state index is -0.660. The van der Waals surface area contributed by atoms with Crippen LogP contribution in [-0.4, -0.2) is 10.9 Å². The largest absolute Gasteiger partial charge is 0.338 e. The summed E-state index contributed by atoms with van der Waals surface area (Å²) < 4.78 is 1.04. The highest BCUT2D eigenvalue weighted by Gasteiger charge is 2.26. The first-order valence-corrected chi connectivity index (χ1v) is 5.85. The maximum Gasteiger partial charge on any atom is 0.338 e. The Hall–Kier alpha value is -1.63.